The summed E-state index contributed by atoms with van der Waals surface area (Å²) in [7, 11) is 1.70. The summed E-state index contributed by atoms with van der Waals surface area (Å²) in [5.41, 5.74) is 1.92. The Morgan fingerprint density at radius 2 is 1.87 bits per heavy atom. The average Bonchev–Trinajstić information content (AvgIpc) is 2.75. The van der Waals surface area contributed by atoms with Gasteiger partial charge in [-0.05, 0) is 23.8 Å². The molecule has 1 heterocycles. The molecule has 30 heavy (non-hydrogen) atoms. The van der Waals surface area contributed by atoms with E-state index < -0.39 is 0 Å². The third-order valence-electron chi connectivity index (χ3n) is 4.82. The number of halogens is 1. The number of amides is 3. The van der Waals surface area contributed by atoms with Crippen LogP contribution in [0.3, 0.4) is 0 Å². The van der Waals surface area contributed by atoms with Crippen LogP contribution in [0.5, 0.6) is 0 Å². The number of nitrogens with one attached hydrogen (secondary N) is 2. The lowest BCUT2D eigenvalue weighted by Crippen LogP contribution is -2.38. The Balaban J connectivity index is 1.42. The summed E-state index contributed by atoms with van der Waals surface area (Å²) in [5.74, 6) is -0.676. The molecule has 1 fully saturated rings. The van der Waals surface area contributed by atoms with Crippen LogP contribution < -0.4 is 15.5 Å². The number of ether oxygens (including phenoxy) is 1. The van der Waals surface area contributed by atoms with Gasteiger partial charge in [0, 0.05) is 45.3 Å². The van der Waals surface area contributed by atoms with Crippen LogP contribution in [0.4, 0.5) is 20.6 Å². The maximum atomic E-state index is 14.4. The van der Waals surface area contributed by atoms with Gasteiger partial charge in [0.25, 0.3) is 0 Å². The third kappa shape index (κ3) is 6.18. The van der Waals surface area contributed by atoms with E-state index in [2.05, 4.69) is 10.6 Å². The van der Waals surface area contributed by atoms with Crippen molar-refractivity contribution in [3.8, 4) is 0 Å². The van der Waals surface area contributed by atoms with Gasteiger partial charge in [-0.15, -0.1) is 0 Å². The molecule has 8 heteroatoms. The van der Waals surface area contributed by atoms with Gasteiger partial charge in [0.1, 0.15) is 5.82 Å². The van der Waals surface area contributed by atoms with E-state index in [1.54, 1.807) is 24.1 Å². The summed E-state index contributed by atoms with van der Waals surface area (Å²) >= 11 is 0. The van der Waals surface area contributed by atoms with E-state index in [0.29, 0.717) is 44.2 Å². The molecule has 0 atom stereocenters. The number of urea groups is 1. The summed E-state index contributed by atoms with van der Waals surface area (Å²) < 4.78 is 19.7. The number of hydrogen-bond donors (Lipinski definition) is 2. The summed E-state index contributed by atoms with van der Waals surface area (Å²) in [6.45, 7) is 3.10. The predicted molar refractivity (Wildman–Crippen MR) is 114 cm³/mol. The van der Waals surface area contributed by atoms with Crippen molar-refractivity contribution in [1.29, 1.82) is 0 Å². The molecule has 0 spiro atoms. The smallest absolute Gasteiger partial charge is 0.317 e. The first kappa shape index (κ1) is 21.6. The fourth-order valence-electron chi connectivity index (χ4n) is 3.22. The normalized spacial score (nSPS) is 13.6. The van der Waals surface area contributed by atoms with Crippen LogP contribution >= 0.6 is 0 Å². The minimum atomic E-state index is -0.384. The van der Waals surface area contributed by atoms with E-state index in [1.165, 1.54) is 6.07 Å². The lowest BCUT2D eigenvalue weighted by molar-refractivity contribution is -0.116. The summed E-state index contributed by atoms with van der Waals surface area (Å²) in [5, 5.41) is 5.39. The fourth-order valence-corrected chi connectivity index (χ4v) is 3.22. The minimum Gasteiger partial charge on any atom is -0.378 e. The predicted octanol–water partition coefficient (Wildman–Crippen LogP) is 2.83. The Labute approximate surface area is 175 Å². The van der Waals surface area contributed by atoms with Gasteiger partial charge in [-0.3, -0.25) is 4.79 Å². The number of hydrogen-bond acceptors (Lipinski definition) is 4. The maximum absolute atomic E-state index is 14.4. The van der Waals surface area contributed by atoms with Gasteiger partial charge in [-0.25, -0.2) is 9.18 Å². The molecule has 1 aliphatic heterocycles. The zero-order chi connectivity index (χ0) is 21.3. The highest BCUT2D eigenvalue weighted by Gasteiger charge is 2.16. The Morgan fingerprint density at radius 1 is 1.13 bits per heavy atom. The van der Waals surface area contributed by atoms with E-state index in [-0.39, 0.29) is 30.7 Å². The summed E-state index contributed by atoms with van der Waals surface area (Å²) in [4.78, 5) is 27.7. The molecular weight excluding hydrogens is 387 g/mol. The topological polar surface area (TPSA) is 73.9 Å². The highest BCUT2D eigenvalue weighted by atomic mass is 19.1. The van der Waals surface area contributed by atoms with Crippen molar-refractivity contribution in [2.75, 3.05) is 50.1 Å². The average molecular weight is 414 g/mol. The molecule has 0 radical (unpaired) electrons. The quantitative estimate of drug-likeness (QED) is 0.731. The minimum absolute atomic E-state index is 0.0950. The Hall–Kier alpha value is -3.13. The molecule has 0 bridgehead atoms. The lowest BCUT2D eigenvalue weighted by Gasteiger charge is -2.29. The van der Waals surface area contributed by atoms with Crippen molar-refractivity contribution in [3.05, 3.63) is 59.9 Å². The Kier molecular flexibility index (Phi) is 7.62. The second-order valence-electron chi connectivity index (χ2n) is 7.14. The molecular formula is C22H27FN4O3. The van der Waals surface area contributed by atoms with Crippen molar-refractivity contribution in [2.45, 2.75) is 13.0 Å². The van der Waals surface area contributed by atoms with Gasteiger partial charge in [0.05, 0.1) is 18.9 Å². The molecule has 3 amide bonds. The first-order chi connectivity index (χ1) is 14.5. The molecule has 0 unspecified atom stereocenters. The Bertz CT molecular complexity index is 857. The molecule has 0 aromatic heterocycles. The highest BCUT2D eigenvalue weighted by molar-refractivity contribution is 5.91. The molecule has 2 aromatic rings. The van der Waals surface area contributed by atoms with E-state index >= 15 is 0 Å². The van der Waals surface area contributed by atoms with Crippen LogP contribution in [0.2, 0.25) is 0 Å². The number of nitrogens with zero attached hydrogens (tertiary/aromatic N) is 2. The first-order valence-electron chi connectivity index (χ1n) is 9.98. The van der Waals surface area contributed by atoms with Gasteiger partial charge in [0.15, 0.2) is 0 Å². The molecule has 2 N–H and O–H groups in total. The number of carbonyl (C=O) groups excluding carboxylic acids is 2. The van der Waals surface area contributed by atoms with Crippen LogP contribution in [-0.2, 0) is 16.1 Å². The van der Waals surface area contributed by atoms with Crippen LogP contribution in [0, 0.1) is 5.82 Å². The summed E-state index contributed by atoms with van der Waals surface area (Å²) in [6, 6.07) is 14.0. The zero-order valence-corrected chi connectivity index (χ0v) is 17.1. The molecule has 3 rings (SSSR count). The van der Waals surface area contributed by atoms with Gasteiger partial charge in [-0.1, -0.05) is 30.3 Å². The van der Waals surface area contributed by atoms with Gasteiger partial charge in [0.2, 0.25) is 5.91 Å². The molecule has 0 saturated carbocycles. The lowest BCUT2D eigenvalue weighted by atomic mass is 10.2. The monoisotopic (exact) mass is 414 g/mol. The van der Waals surface area contributed by atoms with Crippen LogP contribution in [0.25, 0.3) is 0 Å². The van der Waals surface area contributed by atoms with E-state index in [9.17, 15) is 14.0 Å². The van der Waals surface area contributed by atoms with Crippen molar-refractivity contribution >= 4 is 23.3 Å². The fraction of sp³-hybridized carbons (Fsp3) is 0.364. The number of benzene rings is 2. The van der Waals surface area contributed by atoms with E-state index in [4.69, 9.17) is 4.74 Å². The molecule has 2 aromatic carbocycles. The Morgan fingerprint density at radius 3 is 2.57 bits per heavy atom. The molecule has 0 aliphatic carbocycles. The largest absolute Gasteiger partial charge is 0.378 e. The second-order valence-corrected chi connectivity index (χ2v) is 7.14. The van der Waals surface area contributed by atoms with Gasteiger partial charge >= 0.3 is 6.03 Å². The van der Waals surface area contributed by atoms with Crippen LogP contribution in [0.15, 0.2) is 48.5 Å². The van der Waals surface area contributed by atoms with E-state index in [1.807, 2.05) is 35.2 Å². The molecule has 160 valence electrons. The van der Waals surface area contributed by atoms with Gasteiger partial charge < -0.3 is 25.2 Å². The zero-order valence-electron chi connectivity index (χ0n) is 17.1. The maximum Gasteiger partial charge on any atom is 0.317 e. The van der Waals surface area contributed by atoms with Crippen molar-refractivity contribution in [3.63, 3.8) is 0 Å². The van der Waals surface area contributed by atoms with Crippen molar-refractivity contribution in [1.82, 2.24) is 10.2 Å². The van der Waals surface area contributed by atoms with Gasteiger partial charge in [-0.2, -0.15) is 0 Å². The molecule has 1 saturated heterocycles. The van der Waals surface area contributed by atoms with Crippen molar-refractivity contribution < 1.29 is 18.7 Å². The number of morpholine rings is 1. The first-order valence-corrected chi connectivity index (χ1v) is 9.98. The molecule has 1 aliphatic rings. The number of rotatable bonds is 7. The highest BCUT2D eigenvalue weighted by Crippen LogP contribution is 2.23. The second kappa shape index (κ2) is 10.6. The summed E-state index contributed by atoms with van der Waals surface area (Å²) in [6.07, 6.45) is 0.0950. The number of anilines is 2. The SMILES string of the molecule is CN(Cc1ccccc1)C(=O)NCCC(=O)Nc1ccc(N2CCOCC2)c(F)c1. The van der Waals surface area contributed by atoms with Crippen molar-refractivity contribution in [2.24, 2.45) is 0 Å². The standard InChI is InChI=1S/C22H27FN4O3/c1-26(16-17-5-3-2-4-6-17)22(29)24-10-9-21(28)25-18-7-8-20(19(23)15-18)27-11-13-30-14-12-27/h2-8,15H,9-14,16H2,1H3,(H,24,29)(H,25,28). The third-order valence-corrected chi connectivity index (χ3v) is 4.82. The van der Waals surface area contributed by atoms with Crippen LogP contribution in [-0.4, -0.2) is 56.7 Å². The van der Waals surface area contributed by atoms with E-state index in [0.717, 1.165) is 5.56 Å². The molecule has 7 nitrogen and oxygen atoms in total. The van der Waals surface area contributed by atoms with Crippen LogP contribution in [0.1, 0.15) is 12.0 Å². The number of carbonyl (C=O) groups is 2.